The molecule has 1 fully saturated rings. The first kappa shape index (κ1) is 18.1. The molecule has 1 aromatic heterocycles. The summed E-state index contributed by atoms with van der Waals surface area (Å²) in [5.74, 6) is -0.375. The molecule has 5 nitrogen and oxygen atoms in total. The normalized spacial score (nSPS) is 16.2. The number of hydrogen-bond donors (Lipinski definition) is 1. The molecule has 0 saturated carbocycles. The molecule has 0 atom stereocenters. The number of H-pyrrole nitrogens is 1. The number of aromatic amines is 1. The average molecular weight is 384 g/mol. The zero-order chi connectivity index (χ0) is 18.2. The Hall–Kier alpha value is -1.70. The molecule has 2 aromatic rings. The second-order valence-corrected chi connectivity index (χ2v) is 8.45. The molecule has 0 unspecified atom stereocenters. The van der Waals surface area contributed by atoms with Gasteiger partial charge in [0.1, 0.15) is 10.7 Å². The predicted octanol–water partition coefficient (Wildman–Crippen LogP) is 3.69. The summed E-state index contributed by atoms with van der Waals surface area (Å²) in [6.45, 7) is 4.11. The van der Waals surface area contributed by atoms with E-state index >= 15 is 0 Å². The molecule has 0 radical (unpaired) electrons. The summed E-state index contributed by atoms with van der Waals surface area (Å²) in [6, 6.07) is 4.55. The Labute approximate surface area is 151 Å². The summed E-state index contributed by atoms with van der Waals surface area (Å²) in [5.41, 5.74) is 2.51. The van der Waals surface area contributed by atoms with Gasteiger partial charge in [-0.1, -0.05) is 29.3 Å². The van der Waals surface area contributed by atoms with Crippen LogP contribution < -0.4 is 0 Å². The van der Waals surface area contributed by atoms with Gasteiger partial charge in [0.25, 0.3) is 0 Å². The van der Waals surface area contributed by atoms with Crippen molar-refractivity contribution in [1.29, 1.82) is 0 Å². The van der Waals surface area contributed by atoms with Crippen molar-refractivity contribution in [3.05, 3.63) is 51.6 Å². The summed E-state index contributed by atoms with van der Waals surface area (Å²) in [5, 5.41) is 7.04. The average Bonchev–Trinajstić information content (AvgIpc) is 2.90. The highest BCUT2D eigenvalue weighted by Crippen LogP contribution is 2.28. The number of rotatable bonds is 3. The van der Waals surface area contributed by atoms with Crippen LogP contribution in [0.1, 0.15) is 29.8 Å². The van der Waals surface area contributed by atoms with Crippen LogP contribution in [-0.4, -0.2) is 36.0 Å². The molecule has 0 aliphatic carbocycles. The molecule has 1 aliphatic rings. The maximum absolute atomic E-state index is 13.9. The fourth-order valence-electron chi connectivity index (χ4n) is 3.05. The van der Waals surface area contributed by atoms with E-state index in [4.69, 9.17) is 11.6 Å². The number of aromatic nitrogens is 2. The zero-order valence-corrected chi connectivity index (χ0v) is 15.6. The van der Waals surface area contributed by atoms with Gasteiger partial charge in [-0.3, -0.25) is 5.10 Å². The molecule has 3 rings (SSSR count). The highest BCUT2D eigenvalue weighted by atomic mass is 35.5. The van der Waals surface area contributed by atoms with Crippen molar-refractivity contribution in [1.82, 2.24) is 14.5 Å². The number of aryl methyl sites for hydroxylation is 2. The van der Waals surface area contributed by atoms with E-state index in [1.54, 1.807) is 32.1 Å². The van der Waals surface area contributed by atoms with E-state index in [-0.39, 0.29) is 10.7 Å². The van der Waals surface area contributed by atoms with E-state index in [1.807, 2.05) is 0 Å². The molecular formula is C17H19ClFN3O2S. The highest BCUT2D eigenvalue weighted by Gasteiger charge is 2.31. The highest BCUT2D eigenvalue weighted by molar-refractivity contribution is 7.89. The van der Waals surface area contributed by atoms with Gasteiger partial charge in [-0.05, 0) is 38.8 Å². The van der Waals surface area contributed by atoms with Gasteiger partial charge in [0.05, 0.1) is 11.4 Å². The first-order valence-corrected chi connectivity index (χ1v) is 9.77. The van der Waals surface area contributed by atoms with Gasteiger partial charge < -0.3 is 0 Å². The Balaban J connectivity index is 1.77. The van der Waals surface area contributed by atoms with Gasteiger partial charge in [0, 0.05) is 23.7 Å². The third-order valence-electron chi connectivity index (χ3n) is 4.35. The minimum absolute atomic E-state index is 0.253. The van der Waals surface area contributed by atoms with Crippen molar-refractivity contribution in [2.24, 2.45) is 0 Å². The van der Waals surface area contributed by atoms with Crippen LogP contribution in [0.2, 0.25) is 5.02 Å². The summed E-state index contributed by atoms with van der Waals surface area (Å²) in [4.78, 5) is 0.253. The molecule has 0 amide bonds. The van der Waals surface area contributed by atoms with Crippen molar-refractivity contribution in [3.63, 3.8) is 0 Å². The predicted molar refractivity (Wildman–Crippen MR) is 95.4 cm³/mol. The number of nitrogens with one attached hydrogen (secondary N) is 1. The number of sulfonamides is 1. The molecule has 1 aromatic carbocycles. The minimum atomic E-state index is -3.57. The molecule has 1 N–H and O–H groups in total. The quantitative estimate of drug-likeness (QED) is 0.879. The lowest BCUT2D eigenvalue weighted by Gasteiger charge is -2.27. The molecule has 0 spiro atoms. The van der Waals surface area contributed by atoms with Crippen molar-refractivity contribution in [2.45, 2.75) is 31.6 Å². The number of benzene rings is 1. The Morgan fingerprint density at radius 3 is 2.52 bits per heavy atom. The van der Waals surface area contributed by atoms with E-state index in [0.29, 0.717) is 47.9 Å². The first-order valence-electron chi connectivity index (χ1n) is 7.95. The number of halogens is 2. The van der Waals surface area contributed by atoms with Gasteiger partial charge in [0.2, 0.25) is 10.0 Å². The van der Waals surface area contributed by atoms with Crippen molar-refractivity contribution in [2.75, 3.05) is 13.1 Å². The summed E-state index contributed by atoms with van der Waals surface area (Å²) in [6.07, 6.45) is 2.92. The Morgan fingerprint density at radius 2 is 1.96 bits per heavy atom. The van der Waals surface area contributed by atoms with Crippen LogP contribution in [0.25, 0.3) is 6.08 Å². The largest absolute Gasteiger partial charge is 0.281 e. The molecule has 1 saturated heterocycles. The van der Waals surface area contributed by atoms with Crippen LogP contribution in [0.3, 0.4) is 0 Å². The molecule has 1 aliphatic heterocycles. The van der Waals surface area contributed by atoms with Crippen LogP contribution in [0.5, 0.6) is 0 Å². The summed E-state index contributed by atoms with van der Waals surface area (Å²) < 4.78 is 41.0. The first-order chi connectivity index (χ1) is 11.8. The standard InChI is InChI=1S/C17H19ClFN3O2S/c1-11-17(12(2)21-20-11)25(23,24)22-7-5-13(6-8-22)9-14-3-4-15(18)10-16(14)19/h3-4,9-10H,5-8H2,1-2H3,(H,20,21). The van der Waals surface area contributed by atoms with Gasteiger partial charge in [-0.15, -0.1) is 0 Å². The van der Waals surface area contributed by atoms with Crippen LogP contribution >= 0.6 is 11.6 Å². The lowest BCUT2D eigenvalue weighted by Crippen LogP contribution is -2.36. The fourth-order valence-corrected chi connectivity index (χ4v) is 4.98. The van der Waals surface area contributed by atoms with Gasteiger partial charge >= 0.3 is 0 Å². The van der Waals surface area contributed by atoms with Crippen LogP contribution in [-0.2, 0) is 10.0 Å². The molecule has 0 bridgehead atoms. The summed E-state index contributed by atoms with van der Waals surface area (Å²) >= 11 is 5.76. The van der Waals surface area contributed by atoms with E-state index in [1.165, 1.54) is 10.4 Å². The Bertz CT molecular complexity index is 908. The van der Waals surface area contributed by atoms with E-state index < -0.39 is 10.0 Å². The lowest BCUT2D eigenvalue weighted by atomic mass is 10.0. The number of nitrogens with zero attached hydrogens (tertiary/aromatic N) is 2. The SMILES string of the molecule is Cc1n[nH]c(C)c1S(=O)(=O)N1CCC(=Cc2ccc(Cl)cc2F)CC1. The minimum Gasteiger partial charge on any atom is -0.281 e. The van der Waals surface area contributed by atoms with Crippen LogP contribution in [0.4, 0.5) is 4.39 Å². The fraction of sp³-hybridized carbons (Fsp3) is 0.353. The molecule has 8 heteroatoms. The lowest BCUT2D eigenvalue weighted by molar-refractivity contribution is 0.387. The molecular weight excluding hydrogens is 365 g/mol. The third kappa shape index (κ3) is 3.63. The summed E-state index contributed by atoms with van der Waals surface area (Å²) in [7, 11) is -3.57. The van der Waals surface area contributed by atoms with Gasteiger partial charge in [-0.25, -0.2) is 12.8 Å². The second kappa shape index (κ2) is 6.90. The number of hydrogen-bond acceptors (Lipinski definition) is 3. The maximum Gasteiger partial charge on any atom is 0.246 e. The number of piperidine rings is 1. The maximum atomic E-state index is 13.9. The molecule has 25 heavy (non-hydrogen) atoms. The molecule has 134 valence electrons. The van der Waals surface area contributed by atoms with Crippen molar-refractivity contribution >= 4 is 27.7 Å². The van der Waals surface area contributed by atoms with E-state index in [2.05, 4.69) is 10.2 Å². The van der Waals surface area contributed by atoms with Gasteiger partial charge in [-0.2, -0.15) is 9.40 Å². The smallest absolute Gasteiger partial charge is 0.246 e. The zero-order valence-electron chi connectivity index (χ0n) is 14.0. The Kier molecular flexibility index (Phi) is 4.99. The van der Waals surface area contributed by atoms with E-state index in [9.17, 15) is 12.8 Å². The van der Waals surface area contributed by atoms with E-state index in [0.717, 1.165) is 5.57 Å². The van der Waals surface area contributed by atoms with Crippen molar-refractivity contribution < 1.29 is 12.8 Å². The van der Waals surface area contributed by atoms with Crippen LogP contribution in [0.15, 0.2) is 28.7 Å². The van der Waals surface area contributed by atoms with Gasteiger partial charge in [0.15, 0.2) is 0 Å². The molecule has 2 heterocycles. The third-order valence-corrected chi connectivity index (χ3v) is 6.74. The van der Waals surface area contributed by atoms with Crippen LogP contribution in [0, 0.1) is 19.7 Å². The monoisotopic (exact) mass is 383 g/mol. The topological polar surface area (TPSA) is 66.1 Å². The second-order valence-electron chi connectivity index (χ2n) is 6.14. The Morgan fingerprint density at radius 1 is 1.28 bits per heavy atom. The van der Waals surface area contributed by atoms with Crippen molar-refractivity contribution in [3.8, 4) is 0 Å².